The Bertz CT molecular complexity index is 668. The molecule has 1 aromatic carbocycles. The SMILES string of the molecule is Cc1ccc(C)c(S(=O)(=O)NC2CCCC2(C)C(=O)O)c1. The minimum absolute atomic E-state index is 0.224. The van der Waals surface area contributed by atoms with E-state index < -0.39 is 27.4 Å². The molecule has 0 amide bonds. The zero-order valence-electron chi connectivity index (χ0n) is 12.5. The van der Waals surface area contributed by atoms with Crippen LogP contribution in [0.15, 0.2) is 23.1 Å². The van der Waals surface area contributed by atoms with Crippen molar-refractivity contribution in [2.45, 2.75) is 51.0 Å². The standard InChI is InChI=1S/C15H21NO4S/c1-10-6-7-11(2)12(9-10)21(19,20)16-13-5-4-8-15(13,3)14(17)18/h6-7,9,13,16H,4-5,8H2,1-3H3,(H,17,18). The predicted molar refractivity (Wildman–Crippen MR) is 79.6 cm³/mol. The Labute approximate surface area is 125 Å². The average Bonchev–Trinajstić information content (AvgIpc) is 2.74. The summed E-state index contributed by atoms with van der Waals surface area (Å²) in [5.74, 6) is -0.950. The lowest BCUT2D eigenvalue weighted by molar-refractivity contribution is -0.148. The Morgan fingerprint density at radius 1 is 1.38 bits per heavy atom. The number of carbonyl (C=O) groups is 1. The molecular formula is C15H21NO4S. The molecule has 0 bridgehead atoms. The molecule has 0 radical (unpaired) electrons. The fourth-order valence-corrected chi connectivity index (χ4v) is 4.57. The summed E-state index contributed by atoms with van der Waals surface area (Å²) in [6.45, 7) is 5.17. The maximum Gasteiger partial charge on any atom is 0.310 e. The minimum Gasteiger partial charge on any atom is -0.481 e. The monoisotopic (exact) mass is 311 g/mol. The normalized spacial score (nSPS) is 26.0. The van der Waals surface area contributed by atoms with E-state index >= 15 is 0 Å². The summed E-state index contributed by atoms with van der Waals surface area (Å²) in [4.78, 5) is 11.7. The summed E-state index contributed by atoms with van der Waals surface area (Å²) in [6.07, 6.45) is 1.75. The first-order valence-electron chi connectivity index (χ1n) is 7.00. The van der Waals surface area contributed by atoms with Crippen LogP contribution < -0.4 is 4.72 Å². The van der Waals surface area contributed by atoms with E-state index in [0.717, 1.165) is 5.56 Å². The van der Waals surface area contributed by atoms with Crippen LogP contribution in [0, 0.1) is 19.3 Å². The molecule has 2 atom stereocenters. The van der Waals surface area contributed by atoms with Gasteiger partial charge < -0.3 is 5.11 Å². The van der Waals surface area contributed by atoms with E-state index in [1.54, 1.807) is 26.0 Å². The first kappa shape index (κ1) is 16.0. The quantitative estimate of drug-likeness (QED) is 0.893. The molecule has 116 valence electrons. The van der Waals surface area contributed by atoms with Gasteiger partial charge in [0.05, 0.1) is 10.3 Å². The number of sulfonamides is 1. The summed E-state index contributed by atoms with van der Waals surface area (Å²) in [5, 5.41) is 9.37. The third kappa shape index (κ3) is 2.96. The van der Waals surface area contributed by atoms with Crippen molar-refractivity contribution in [1.29, 1.82) is 0 Å². The highest BCUT2D eigenvalue weighted by atomic mass is 32.2. The van der Waals surface area contributed by atoms with Gasteiger partial charge in [0, 0.05) is 6.04 Å². The maximum atomic E-state index is 12.6. The van der Waals surface area contributed by atoms with Gasteiger partial charge in [-0.15, -0.1) is 0 Å². The Morgan fingerprint density at radius 3 is 2.67 bits per heavy atom. The van der Waals surface area contributed by atoms with Gasteiger partial charge >= 0.3 is 5.97 Å². The van der Waals surface area contributed by atoms with Gasteiger partial charge in [-0.25, -0.2) is 13.1 Å². The number of aryl methyl sites for hydroxylation is 2. The van der Waals surface area contributed by atoms with Crippen LogP contribution in [0.1, 0.15) is 37.3 Å². The van der Waals surface area contributed by atoms with Crippen molar-refractivity contribution in [3.8, 4) is 0 Å². The first-order chi connectivity index (χ1) is 9.67. The Morgan fingerprint density at radius 2 is 2.05 bits per heavy atom. The van der Waals surface area contributed by atoms with Gasteiger partial charge in [0.25, 0.3) is 0 Å². The predicted octanol–water partition coefficient (Wildman–Crippen LogP) is 2.23. The highest BCUT2D eigenvalue weighted by molar-refractivity contribution is 7.89. The highest BCUT2D eigenvalue weighted by Crippen LogP contribution is 2.39. The van der Waals surface area contributed by atoms with E-state index in [9.17, 15) is 18.3 Å². The van der Waals surface area contributed by atoms with Crippen molar-refractivity contribution in [3.05, 3.63) is 29.3 Å². The maximum absolute atomic E-state index is 12.6. The van der Waals surface area contributed by atoms with Gasteiger partial charge in [0.1, 0.15) is 0 Å². The van der Waals surface area contributed by atoms with Crippen LogP contribution in [-0.4, -0.2) is 25.5 Å². The van der Waals surface area contributed by atoms with Crippen LogP contribution in [0.4, 0.5) is 0 Å². The molecule has 0 aliphatic heterocycles. The summed E-state index contributed by atoms with van der Waals surface area (Å²) in [5.41, 5.74) is 0.474. The fraction of sp³-hybridized carbons (Fsp3) is 0.533. The van der Waals surface area contributed by atoms with Crippen molar-refractivity contribution >= 4 is 16.0 Å². The molecule has 6 heteroatoms. The number of hydrogen-bond acceptors (Lipinski definition) is 3. The summed E-state index contributed by atoms with van der Waals surface area (Å²) >= 11 is 0. The smallest absolute Gasteiger partial charge is 0.310 e. The topological polar surface area (TPSA) is 83.5 Å². The molecule has 1 saturated carbocycles. The van der Waals surface area contributed by atoms with Crippen LogP contribution in [-0.2, 0) is 14.8 Å². The summed E-state index contributed by atoms with van der Waals surface area (Å²) < 4.78 is 27.7. The van der Waals surface area contributed by atoms with Crippen molar-refractivity contribution in [2.24, 2.45) is 5.41 Å². The van der Waals surface area contributed by atoms with Gasteiger partial charge in [-0.2, -0.15) is 0 Å². The Hall–Kier alpha value is -1.40. The average molecular weight is 311 g/mol. The molecule has 2 unspecified atom stereocenters. The van der Waals surface area contributed by atoms with Gasteiger partial charge in [0.2, 0.25) is 10.0 Å². The molecule has 1 aliphatic carbocycles. The second kappa shape index (κ2) is 5.42. The minimum atomic E-state index is -3.71. The van der Waals surface area contributed by atoms with E-state index in [1.165, 1.54) is 0 Å². The van der Waals surface area contributed by atoms with Crippen LogP contribution in [0.25, 0.3) is 0 Å². The molecule has 2 N–H and O–H groups in total. The van der Waals surface area contributed by atoms with E-state index in [1.807, 2.05) is 13.0 Å². The number of aliphatic carboxylic acids is 1. The molecule has 2 rings (SSSR count). The zero-order chi connectivity index (χ0) is 15.8. The molecule has 1 aromatic rings. The van der Waals surface area contributed by atoms with Crippen molar-refractivity contribution in [2.75, 3.05) is 0 Å². The molecule has 0 spiro atoms. The van der Waals surface area contributed by atoms with E-state index in [-0.39, 0.29) is 4.90 Å². The molecule has 21 heavy (non-hydrogen) atoms. The van der Waals surface area contributed by atoms with E-state index in [4.69, 9.17) is 0 Å². The molecule has 0 heterocycles. The van der Waals surface area contributed by atoms with Crippen LogP contribution >= 0.6 is 0 Å². The number of hydrogen-bond donors (Lipinski definition) is 2. The van der Waals surface area contributed by atoms with Crippen LogP contribution in [0.3, 0.4) is 0 Å². The second-order valence-electron chi connectivity index (χ2n) is 6.06. The molecule has 0 saturated heterocycles. The molecule has 1 fully saturated rings. The zero-order valence-corrected chi connectivity index (χ0v) is 13.3. The third-order valence-corrected chi connectivity index (χ3v) is 5.99. The number of carboxylic acids is 1. The van der Waals surface area contributed by atoms with Gasteiger partial charge in [-0.05, 0) is 50.8 Å². The van der Waals surface area contributed by atoms with Gasteiger partial charge in [0.15, 0.2) is 0 Å². The van der Waals surface area contributed by atoms with Gasteiger partial charge in [-0.1, -0.05) is 18.6 Å². The summed E-state index contributed by atoms with van der Waals surface area (Å²) in [6, 6.07) is 4.66. The molecule has 1 aliphatic rings. The largest absolute Gasteiger partial charge is 0.481 e. The van der Waals surface area contributed by atoms with E-state index in [0.29, 0.717) is 24.8 Å². The number of rotatable bonds is 4. The van der Waals surface area contributed by atoms with Gasteiger partial charge in [-0.3, -0.25) is 4.79 Å². The van der Waals surface area contributed by atoms with Crippen molar-refractivity contribution < 1.29 is 18.3 Å². The lowest BCUT2D eigenvalue weighted by atomic mass is 9.85. The summed E-state index contributed by atoms with van der Waals surface area (Å²) in [7, 11) is -3.71. The van der Waals surface area contributed by atoms with Crippen LogP contribution in [0.2, 0.25) is 0 Å². The number of carboxylic acid groups (broad SMARTS) is 1. The molecule has 5 nitrogen and oxygen atoms in total. The molecule has 0 aromatic heterocycles. The number of benzene rings is 1. The highest BCUT2D eigenvalue weighted by Gasteiger charge is 2.47. The Balaban J connectivity index is 2.34. The van der Waals surface area contributed by atoms with E-state index in [2.05, 4.69) is 4.72 Å². The van der Waals surface area contributed by atoms with Crippen molar-refractivity contribution in [1.82, 2.24) is 4.72 Å². The third-order valence-electron chi connectivity index (χ3n) is 4.38. The Kier molecular flexibility index (Phi) is 4.13. The lowest BCUT2D eigenvalue weighted by Crippen LogP contribution is -2.47. The van der Waals surface area contributed by atoms with Crippen LogP contribution in [0.5, 0.6) is 0 Å². The molecular weight excluding hydrogens is 290 g/mol. The first-order valence-corrected chi connectivity index (χ1v) is 8.48. The lowest BCUT2D eigenvalue weighted by Gasteiger charge is -2.27. The van der Waals surface area contributed by atoms with Crippen molar-refractivity contribution in [3.63, 3.8) is 0 Å². The fourth-order valence-electron chi connectivity index (χ4n) is 2.86. The second-order valence-corrected chi connectivity index (χ2v) is 7.74. The number of nitrogens with one attached hydrogen (secondary N) is 1.